The second-order valence-electron chi connectivity index (χ2n) is 8.01. The van der Waals surface area contributed by atoms with Crippen LogP contribution in [0.25, 0.3) is 0 Å². The highest BCUT2D eigenvalue weighted by atomic mass is 79.9. The lowest BCUT2D eigenvalue weighted by Gasteiger charge is -2.26. The van der Waals surface area contributed by atoms with Gasteiger partial charge in [0.2, 0.25) is 0 Å². The van der Waals surface area contributed by atoms with Crippen molar-refractivity contribution in [1.29, 1.82) is 0 Å². The fourth-order valence-electron chi connectivity index (χ4n) is 3.59. The van der Waals surface area contributed by atoms with Crippen molar-refractivity contribution in [3.63, 3.8) is 0 Å². The molecule has 3 nitrogen and oxygen atoms in total. The molecule has 0 N–H and O–H groups in total. The van der Waals surface area contributed by atoms with Crippen LogP contribution in [-0.4, -0.2) is 29.1 Å². The summed E-state index contributed by atoms with van der Waals surface area (Å²) in [6.07, 6.45) is 12.5. The van der Waals surface area contributed by atoms with Gasteiger partial charge in [-0.3, -0.25) is 9.59 Å². The highest BCUT2D eigenvalue weighted by Crippen LogP contribution is 2.25. The second kappa shape index (κ2) is 15.4. The lowest BCUT2D eigenvalue weighted by atomic mass is 10.0. The zero-order valence-corrected chi connectivity index (χ0v) is 23.8. The molecule has 2 aromatic carbocycles. The van der Waals surface area contributed by atoms with Crippen LogP contribution in [-0.2, 0) is 0 Å². The molecule has 1 saturated heterocycles. The normalized spacial score (nSPS) is 15.5. The summed E-state index contributed by atoms with van der Waals surface area (Å²) >= 11 is 23.3. The zero-order chi connectivity index (χ0) is 24.2. The van der Waals surface area contributed by atoms with E-state index < -0.39 is 5.24 Å². The van der Waals surface area contributed by atoms with Crippen LogP contribution in [0.4, 0.5) is 0 Å². The number of halogens is 5. The molecule has 8 heteroatoms. The molecule has 0 bridgehead atoms. The van der Waals surface area contributed by atoms with Crippen LogP contribution in [0.3, 0.4) is 0 Å². The molecule has 0 radical (unpaired) electrons. The van der Waals surface area contributed by atoms with E-state index in [0.29, 0.717) is 25.6 Å². The minimum atomic E-state index is -0.484. The van der Waals surface area contributed by atoms with E-state index in [-0.39, 0.29) is 5.91 Å². The number of nitrogens with zero attached hydrogens (tertiary/aromatic N) is 1. The Bertz CT molecular complexity index is 918. The van der Waals surface area contributed by atoms with E-state index in [1.54, 1.807) is 36.4 Å². The smallest absolute Gasteiger partial charge is 0.253 e. The predicted octanol–water partition coefficient (Wildman–Crippen LogP) is 9.55. The molecular formula is C25H28Br2Cl3NO2. The molecule has 0 unspecified atom stereocenters. The van der Waals surface area contributed by atoms with Crippen molar-refractivity contribution in [2.75, 3.05) is 13.1 Å². The first-order chi connectivity index (χ1) is 15.8. The number of rotatable bonds is 2. The second-order valence-corrected chi connectivity index (χ2v) is 10.9. The van der Waals surface area contributed by atoms with Crippen LogP contribution in [0.2, 0.25) is 10.0 Å². The lowest BCUT2D eigenvalue weighted by Crippen LogP contribution is -2.35. The number of carbonyl (C=O) groups excluding carboxylic acids is 2. The number of amides is 1. The quantitative estimate of drug-likeness (QED) is 0.307. The van der Waals surface area contributed by atoms with Gasteiger partial charge in [-0.05, 0) is 99.1 Å². The summed E-state index contributed by atoms with van der Waals surface area (Å²) in [6.45, 7) is 1.75. The summed E-state index contributed by atoms with van der Waals surface area (Å²) in [5.74, 6) is 0.108. The van der Waals surface area contributed by atoms with Gasteiger partial charge < -0.3 is 4.90 Å². The number of benzene rings is 2. The van der Waals surface area contributed by atoms with Gasteiger partial charge in [-0.15, -0.1) is 0 Å². The molecule has 180 valence electrons. The van der Waals surface area contributed by atoms with Crippen molar-refractivity contribution in [3.05, 3.63) is 66.5 Å². The molecule has 0 spiro atoms. The molecule has 0 atom stereocenters. The minimum absolute atomic E-state index is 0.108. The molecule has 2 fully saturated rings. The van der Waals surface area contributed by atoms with E-state index in [4.69, 9.17) is 34.8 Å². The number of hydrogen-bond acceptors (Lipinski definition) is 2. The Balaban J connectivity index is 0.000000195. The first kappa shape index (κ1) is 28.6. The lowest BCUT2D eigenvalue weighted by molar-refractivity contribution is 0.0724. The molecule has 1 saturated carbocycles. The third-order valence-electron chi connectivity index (χ3n) is 5.46. The van der Waals surface area contributed by atoms with Crippen molar-refractivity contribution in [1.82, 2.24) is 4.90 Å². The highest BCUT2D eigenvalue weighted by Gasteiger charge is 2.18. The Labute approximate surface area is 228 Å². The molecule has 2 aromatic rings. The van der Waals surface area contributed by atoms with E-state index in [1.807, 2.05) is 4.90 Å². The monoisotopic (exact) mass is 637 g/mol. The highest BCUT2D eigenvalue weighted by molar-refractivity contribution is 9.10. The van der Waals surface area contributed by atoms with Crippen molar-refractivity contribution < 1.29 is 9.59 Å². The van der Waals surface area contributed by atoms with Gasteiger partial charge in [0.25, 0.3) is 11.1 Å². The van der Waals surface area contributed by atoms with Gasteiger partial charge in [-0.1, -0.05) is 61.7 Å². The van der Waals surface area contributed by atoms with Crippen molar-refractivity contribution >= 4 is 77.8 Å². The average Bonchev–Trinajstić information content (AvgIpc) is 2.84. The van der Waals surface area contributed by atoms with E-state index in [2.05, 4.69) is 31.9 Å². The van der Waals surface area contributed by atoms with Crippen LogP contribution in [0.15, 0.2) is 45.3 Å². The van der Waals surface area contributed by atoms with Crippen molar-refractivity contribution in [3.8, 4) is 0 Å². The summed E-state index contributed by atoms with van der Waals surface area (Å²) in [5, 5.41) is 0.712. The molecule has 1 heterocycles. The number of piperidine rings is 1. The van der Waals surface area contributed by atoms with Crippen LogP contribution < -0.4 is 0 Å². The van der Waals surface area contributed by atoms with E-state index >= 15 is 0 Å². The summed E-state index contributed by atoms with van der Waals surface area (Å²) in [5.41, 5.74) is 1.14. The maximum absolute atomic E-state index is 12.1. The Morgan fingerprint density at radius 3 is 1.48 bits per heavy atom. The van der Waals surface area contributed by atoms with Crippen LogP contribution >= 0.6 is 66.7 Å². The summed E-state index contributed by atoms with van der Waals surface area (Å²) < 4.78 is 1.45. The molecule has 1 aliphatic carbocycles. The Morgan fingerprint density at radius 1 is 0.667 bits per heavy atom. The molecule has 4 rings (SSSR count). The molecule has 1 aliphatic heterocycles. The van der Waals surface area contributed by atoms with Crippen molar-refractivity contribution in [2.45, 2.75) is 57.8 Å². The van der Waals surface area contributed by atoms with Gasteiger partial charge in [-0.2, -0.15) is 0 Å². The molecule has 2 aliphatic rings. The van der Waals surface area contributed by atoms with Crippen LogP contribution in [0.1, 0.15) is 78.5 Å². The maximum atomic E-state index is 12.1. The summed E-state index contributed by atoms with van der Waals surface area (Å²) in [7, 11) is 0. The topological polar surface area (TPSA) is 37.4 Å². The molecule has 0 aromatic heterocycles. The first-order valence-electron chi connectivity index (χ1n) is 11.2. The molecular weight excluding hydrogens is 612 g/mol. The van der Waals surface area contributed by atoms with Crippen LogP contribution in [0.5, 0.6) is 0 Å². The fourth-order valence-corrected chi connectivity index (χ4v) is 4.70. The number of carbonyl (C=O) groups is 2. The molecule has 1 amide bonds. The van der Waals surface area contributed by atoms with Gasteiger partial charge in [0.15, 0.2) is 0 Å². The van der Waals surface area contributed by atoms with E-state index in [9.17, 15) is 9.59 Å². The van der Waals surface area contributed by atoms with Gasteiger partial charge in [0.1, 0.15) is 0 Å². The SMILES string of the molecule is C1CCCCC1.O=C(Cl)c1ccc(Cl)c(Br)c1.O=C(c1ccc(Cl)c(Br)c1)N1CCCCC1. The maximum Gasteiger partial charge on any atom is 0.253 e. The number of hydrogen-bond donors (Lipinski definition) is 0. The van der Waals surface area contributed by atoms with Gasteiger partial charge in [0, 0.05) is 33.2 Å². The summed E-state index contributed by atoms with van der Waals surface area (Å²) in [6, 6.07) is 10.1. The standard InChI is InChI=1S/C12H13BrClNO.C7H3BrCl2O.C6H12/c13-10-8-9(4-5-11(10)14)12(16)15-6-2-1-3-7-15;8-5-3-4(7(10)11)1-2-6(5)9;1-2-4-6-5-3-1/h4-5,8H,1-3,6-7H2;1-3H;1-6H2. The first-order valence-corrected chi connectivity index (χ1v) is 13.9. The Hall–Kier alpha value is -0.590. The van der Waals surface area contributed by atoms with Gasteiger partial charge in [0.05, 0.1) is 10.0 Å². The average molecular weight is 641 g/mol. The predicted molar refractivity (Wildman–Crippen MR) is 146 cm³/mol. The number of likely N-dealkylation sites (tertiary alicyclic amines) is 1. The minimum Gasteiger partial charge on any atom is -0.339 e. The third kappa shape index (κ3) is 10.3. The van der Waals surface area contributed by atoms with E-state index in [0.717, 1.165) is 30.4 Å². The zero-order valence-electron chi connectivity index (χ0n) is 18.4. The van der Waals surface area contributed by atoms with Gasteiger partial charge >= 0.3 is 0 Å². The largest absolute Gasteiger partial charge is 0.339 e. The Kier molecular flexibility index (Phi) is 13.4. The fraction of sp³-hybridized carbons (Fsp3) is 0.440. The van der Waals surface area contributed by atoms with Crippen molar-refractivity contribution in [2.24, 2.45) is 0 Å². The summed E-state index contributed by atoms with van der Waals surface area (Å²) in [4.78, 5) is 24.7. The van der Waals surface area contributed by atoms with E-state index in [1.165, 1.54) is 44.9 Å². The van der Waals surface area contributed by atoms with Gasteiger partial charge in [-0.25, -0.2) is 0 Å². The Morgan fingerprint density at radius 2 is 1.06 bits per heavy atom. The molecule has 33 heavy (non-hydrogen) atoms. The third-order valence-corrected chi connectivity index (χ3v) is 8.10. The van der Waals surface area contributed by atoms with Crippen LogP contribution in [0, 0.1) is 0 Å².